The molecule has 1 fully saturated rings. The quantitative estimate of drug-likeness (QED) is 0.827. The first-order valence-electron chi connectivity index (χ1n) is 7.10. The number of fused-ring (bicyclic) bond motifs is 1. The Morgan fingerprint density at radius 1 is 1.47 bits per heavy atom. The molecular formula is C15H19N3O. The third-order valence-corrected chi connectivity index (χ3v) is 4.19. The van der Waals surface area contributed by atoms with Gasteiger partial charge in [0.1, 0.15) is 0 Å². The van der Waals surface area contributed by atoms with Crippen LogP contribution in [0.2, 0.25) is 0 Å². The Hall–Kier alpha value is -1.60. The van der Waals surface area contributed by atoms with E-state index in [1.165, 1.54) is 11.3 Å². The second kappa shape index (κ2) is 4.82. The smallest absolute Gasteiger partial charge is 0.255 e. The molecule has 0 bridgehead atoms. The van der Waals surface area contributed by atoms with Gasteiger partial charge in [-0.25, -0.2) is 0 Å². The predicted molar refractivity (Wildman–Crippen MR) is 72.9 cm³/mol. The molecule has 1 aliphatic carbocycles. The maximum Gasteiger partial charge on any atom is 0.255 e. The van der Waals surface area contributed by atoms with E-state index in [0.717, 1.165) is 38.9 Å². The van der Waals surface area contributed by atoms with Gasteiger partial charge in [0.05, 0.1) is 12.5 Å². The Bertz CT molecular complexity index is 593. The van der Waals surface area contributed by atoms with E-state index in [-0.39, 0.29) is 12.0 Å². The molecule has 1 aliphatic heterocycles. The second-order valence-corrected chi connectivity index (χ2v) is 5.50. The molecule has 0 aromatic carbocycles. The van der Waals surface area contributed by atoms with Gasteiger partial charge in [-0.2, -0.15) is 5.26 Å². The number of hydrogen-bond donors (Lipinski definition) is 0. The van der Waals surface area contributed by atoms with Gasteiger partial charge in [-0.1, -0.05) is 6.92 Å². The van der Waals surface area contributed by atoms with Gasteiger partial charge in [0.2, 0.25) is 0 Å². The summed E-state index contributed by atoms with van der Waals surface area (Å²) < 4.78 is 2.00. The van der Waals surface area contributed by atoms with Crippen LogP contribution in [0.3, 0.4) is 0 Å². The van der Waals surface area contributed by atoms with E-state index in [9.17, 15) is 4.79 Å². The standard InChI is InChI=1S/C15H19N3O/c1-2-17-8-6-14-12(10-17)9-11(5-7-16)15(19)18(14)13-3-4-13/h9,13H,2-6,8,10H2,1H3. The second-order valence-electron chi connectivity index (χ2n) is 5.50. The van der Waals surface area contributed by atoms with Crippen molar-refractivity contribution in [3.8, 4) is 6.07 Å². The zero-order valence-corrected chi connectivity index (χ0v) is 11.4. The number of nitriles is 1. The van der Waals surface area contributed by atoms with Crippen LogP contribution in [-0.2, 0) is 19.4 Å². The monoisotopic (exact) mass is 257 g/mol. The highest BCUT2D eigenvalue weighted by atomic mass is 16.1. The molecule has 0 unspecified atom stereocenters. The van der Waals surface area contributed by atoms with Crippen molar-refractivity contribution < 1.29 is 0 Å². The number of nitrogens with zero attached hydrogens (tertiary/aromatic N) is 3. The number of rotatable bonds is 3. The fraction of sp³-hybridized carbons (Fsp3) is 0.600. The van der Waals surface area contributed by atoms with Crippen LogP contribution in [0.1, 0.15) is 42.6 Å². The first-order valence-corrected chi connectivity index (χ1v) is 7.10. The lowest BCUT2D eigenvalue weighted by Gasteiger charge is -2.30. The minimum atomic E-state index is 0.0766. The third-order valence-electron chi connectivity index (χ3n) is 4.19. The van der Waals surface area contributed by atoms with Gasteiger partial charge in [-0.3, -0.25) is 9.69 Å². The van der Waals surface area contributed by atoms with Crippen LogP contribution in [0.4, 0.5) is 0 Å². The maximum atomic E-state index is 12.5. The minimum absolute atomic E-state index is 0.0766. The molecule has 1 aromatic rings. The van der Waals surface area contributed by atoms with Crippen LogP contribution in [0.25, 0.3) is 0 Å². The van der Waals surface area contributed by atoms with E-state index in [1.807, 2.05) is 10.6 Å². The van der Waals surface area contributed by atoms with Crippen LogP contribution >= 0.6 is 0 Å². The summed E-state index contributed by atoms with van der Waals surface area (Å²) in [6.45, 7) is 5.15. The largest absolute Gasteiger partial charge is 0.309 e. The van der Waals surface area contributed by atoms with Gasteiger partial charge >= 0.3 is 0 Å². The van der Waals surface area contributed by atoms with E-state index in [4.69, 9.17) is 5.26 Å². The van der Waals surface area contributed by atoms with Gasteiger partial charge in [-0.05, 0) is 31.0 Å². The molecule has 4 nitrogen and oxygen atoms in total. The van der Waals surface area contributed by atoms with Crippen LogP contribution < -0.4 is 5.56 Å². The Kier molecular flexibility index (Phi) is 3.16. The lowest BCUT2D eigenvalue weighted by atomic mass is 10.0. The van der Waals surface area contributed by atoms with Crippen LogP contribution in [0.5, 0.6) is 0 Å². The fourth-order valence-corrected chi connectivity index (χ4v) is 2.99. The zero-order valence-electron chi connectivity index (χ0n) is 11.4. The molecule has 100 valence electrons. The summed E-state index contributed by atoms with van der Waals surface area (Å²) in [4.78, 5) is 14.9. The van der Waals surface area contributed by atoms with Crippen LogP contribution in [-0.4, -0.2) is 22.6 Å². The molecule has 2 aliphatic rings. The van der Waals surface area contributed by atoms with Crippen molar-refractivity contribution in [1.82, 2.24) is 9.47 Å². The zero-order chi connectivity index (χ0) is 13.4. The van der Waals surface area contributed by atoms with Crippen molar-refractivity contribution in [2.75, 3.05) is 13.1 Å². The number of aromatic nitrogens is 1. The Morgan fingerprint density at radius 2 is 2.26 bits per heavy atom. The van der Waals surface area contributed by atoms with E-state index >= 15 is 0 Å². The van der Waals surface area contributed by atoms with Crippen LogP contribution in [0, 0.1) is 11.3 Å². The van der Waals surface area contributed by atoms with Gasteiger partial charge in [-0.15, -0.1) is 0 Å². The Morgan fingerprint density at radius 3 is 2.89 bits per heavy atom. The first kappa shape index (κ1) is 12.4. The molecule has 0 radical (unpaired) electrons. The molecule has 0 amide bonds. The molecule has 0 N–H and O–H groups in total. The molecular weight excluding hydrogens is 238 g/mol. The van der Waals surface area contributed by atoms with Crippen molar-refractivity contribution in [2.24, 2.45) is 0 Å². The average molecular weight is 257 g/mol. The molecule has 4 heteroatoms. The van der Waals surface area contributed by atoms with Gasteiger partial charge in [0, 0.05) is 36.8 Å². The fourth-order valence-electron chi connectivity index (χ4n) is 2.99. The molecule has 0 spiro atoms. The highest BCUT2D eigenvalue weighted by molar-refractivity contribution is 5.31. The summed E-state index contributed by atoms with van der Waals surface area (Å²) in [5.74, 6) is 0. The van der Waals surface area contributed by atoms with Crippen LogP contribution in [0.15, 0.2) is 10.9 Å². The topological polar surface area (TPSA) is 49.0 Å². The Labute approximate surface area is 113 Å². The number of hydrogen-bond acceptors (Lipinski definition) is 3. The highest BCUT2D eigenvalue weighted by Gasteiger charge is 2.30. The summed E-state index contributed by atoms with van der Waals surface area (Å²) in [6.07, 6.45) is 3.41. The molecule has 19 heavy (non-hydrogen) atoms. The van der Waals surface area contributed by atoms with E-state index in [1.54, 1.807) is 0 Å². The summed E-state index contributed by atoms with van der Waals surface area (Å²) in [7, 11) is 0. The van der Waals surface area contributed by atoms with E-state index < -0.39 is 0 Å². The molecule has 0 saturated heterocycles. The highest BCUT2D eigenvalue weighted by Crippen LogP contribution is 2.36. The third kappa shape index (κ3) is 2.19. The Balaban J connectivity index is 2.10. The summed E-state index contributed by atoms with van der Waals surface area (Å²) >= 11 is 0. The molecule has 2 heterocycles. The normalized spacial score (nSPS) is 18.9. The molecule has 3 rings (SSSR count). The lowest BCUT2D eigenvalue weighted by molar-refractivity contribution is 0.261. The van der Waals surface area contributed by atoms with E-state index in [2.05, 4.69) is 17.9 Å². The predicted octanol–water partition coefficient (Wildman–Crippen LogP) is 1.63. The minimum Gasteiger partial charge on any atom is -0.309 e. The van der Waals surface area contributed by atoms with Crippen molar-refractivity contribution in [3.63, 3.8) is 0 Å². The molecule has 0 atom stereocenters. The lowest BCUT2D eigenvalue weighted by Crippen LogP contribution is -2.36. The van der Waals surface area contributed by atoms with Crippen molar-refractivity contribution in [1.29, 1.82) is 5.26 Å². The SMILES string of the molecule is CCN1CCc2c(cc(CC#N)c(=O)n2C2CC2)C1. The summed E-state index contributed by atoms with van der Waals surface area (Å²) in [6, 6.07) is 4.49. The molecule has 1 aromatic heterocycles. The molecule has 1 saturated carbocycles. The summed E-state index contributed by atoms with van der Waals surface area (Å²) in [5, 5.41) is 8.88. The van der Waals surface area contributed by atoms with Gasteiger partial charge in [0.25, 0.3) is 5.56 Å². The first-order chi connectivity index (χ1) is 9.24. The maximum absolute atomic E-state index is 12.5. The average Bonchev–Trinajstić information content (AvgIpc) is 3.24. The van der Waals surface area contributed by atoms with Gasteiger partial charge < -0.3 is 4.57 Å². The number of pyridine rings is 1. The van der Waals surface area contributed by atoms with Gasteiger partial charge in [0.15, 0.2) is 0 Å². The van der Waals surface area contributed by atoms with Crippen molar-refractivity contribution in [2.45, 2.75) is 45.2 Å². The van der Waals surface area contributed by atoms with Crippen molar-refractivity contribution in [3.05, 3.63) is 33.2 Å². The van der Waals surface area contributed by atoms with Crippen molar-refractivity contribution >= 4 is 0 Å². The summed E-state index contributed by atoms with van der Waals surface area (Å²) in [5.41, 5.74) is 3.22. The van der Waals surface area contributed by atoms with E-state index in [0.29, 0.717) is 11.6 Å². The number of likely N-dealkylation sites (N-methyl/N-ethyl adjacent to an activating group) is 1.